The van der Waals surface area contributed by atoms with Gasteiger partial charge in [-0.25, -0.2) is 0 Å². The number of amides is 1. The lowest BCUT2D eigenvalue weighted by Crippen LogP contribution is -2.31. The zero-order valence-corrected chi connectivity index (χ0v) is 11.0. The van der Waals surface area contributed by atoms with Gasteiger partial charge in [0.1, 0.15) is 0 Å². The summed E-state index contributed by atoms with van der Waals surface area (Å²) in [6, 6.07) is 0.668. The van der Waals surface area contributed by atoms with E-state index in [-0.39, 0.29) is 5.91 Å². The van der Waals surface area contributed by atoms with E-state index >= 15 is 0 Å². The molecule has 1 aliphatic carbocycles. The van der Waals surface area contributed by atoms with Gasteiger partial charge >= 0.3 is 0 Å². The molecule has 1 aliphatic rings. The topological polar surface area (TPSA) is 32.3 Å². The van der Waals surface area contributed by atoms with Crippen LogP contribution in [-0.2, 0) is 4.79 Å². The summed E-state index contributed by atoms with van der Waals surface area (Å²) in [5.41, 5.74) is 0. The molecule has 3 heteroatoms. The van der Waals surface area contributed by atoms with E-state index in [0.717, 1.165) is 18.9 Å². The zero-order chi connectivity index (χ0) is 12.0. The van der Waals surface area contributed by atoms with Crippen molar-refractivity contribution in [3.63, 3.8) is 0 Å². The van der Waals surface area contributed by atoms with Crippen molar-refractivity contribution < 1.29 is 4.79 Å². The minimum atomic E-state index is 0.233. The van der Waals surface area contributed by atoms with Gasteiger partial charge in [-0.2, -0.15) is 0 Å². The molecule has 0 aliphatic heterocycles. The maximum Gasteiger partial charge on any atom is 0.222 e. The average Bonchev–Trinajstić information content (AvgIpc) is 3.05. The molecule has 1 rings (SSSR count). The molecule has 1 unspecified atom stereocenters. The SMILES string of the molecule is CCC(CC1CC1)NCCCC(=O)N(C)C. The molecule has 94 valence electrons. The third-order valence-corrected chi connectivity index (χ3v) is 3.31. The number of carbonyl (C=O) groups is 1. The smallest absolute Gasteiger partial charge is 0.222 e. The van der Waals surface area contributed by atoms with Crippen LogP contribution >= 0.6 is 0 Å². The summed E-state index contributed by atoms with van der Waals surface area (Å²) in [6.07, 6.45) is 7.02. The first-order chi connectivity index (χ1) is 7.63. The maximum absolute atomic E-state index is 11.3. The van der Waals surface area contributed by atoms with Crippen LogP contribution in [0.15, 0.2) is 0 Å². The summed E-state index contributed by atoms with van der Waals surface area (Å²) in [6.45, 7) is 3.22. The van der Waals surface area contributed by atoms with E-state index < -0.39 is 0 Å². The normalized spacial score (nSPS) is 17.2. The highest BCUT2D eigenvalue weighted by atomic mass is 16.2. The lowest BCUT2D eigenvalue weighted by molar-refractivity contribution is -0.128. The van der Waals surface area contributed by atoms with Crippen LogP contribution < -0.4 is 5.32 Å². The predicted molar refractivity (Wildman–Crippen MR) is 67.4 cm³/mol. The monoisotopic (exact) mass is 226 g/mol. The number of carbonyl (C=O) groups excluding carboxylic acids is 1. The fourth-order valence-corrected chi connectivity index (χ4v) is 1.92. The Hall–Kier alpha value is -0.570. The van der Waals surface area contributed by atoms with Crippen LogP contribution in [0.25, 0.3) is 0 Å². The first kappa shape index (κ1) is 13.5. The van der Waals surface area contributed by atoms with E-state index in [1.54, 1.807) is 4.90 Å². The summed E-state index contributed by atoms with van der Waals surface area (Å²) in [7, 11) is 3.63. The summed E-state index contributed by atoms with van der Waals surface area (Å²) < 4.78 is 0. The highest BCUT2D eigenvalue weighted by molar-refractivity contribution is 5.75. The molecule has 0 radical (unpaired) electrons. The van der Waals surface area contributed by atoms with Gasteiger partial charge in [0.2, 0.25) is 5.91 Å². The molecule has 1 amide bonds. The molecule has 0 bridgehead atoms. The molecule has 1 fully saturated rings. The summed E-state index contributed by atoms with van der Waals surface area (Å²) in [4.78, 5) is 13.0. The standard InChI is InChI=1S/C13H26N2O/c1-4-12(10-11-7-8-11)14-9-5-6-13(16)15(2)3/h11-12,14H,4-10H2,1-3H3. The molecule has 0 heterocycles. The Morgan fingerprint density at radius 1 is 1.44 bits per heavy atom. The summed E-state index contributed by atoms with van der Waals surface area (Å²) >= 11 is 0. The Labute approximate surface area is 99.6 Å². The Kier molecular flexibility index (Phi) is 5.81. The van der Waals surface area contributed by atoms with Crippen molar-refractivity contribution >= 4 is 5.91 Å². The van der Waals surface area contributed by atoms with Crippen molar-refractivity contribution in [3.05, 3.63) is 0 Å². The zero-order valence-electron chi connectivity index (χ0n) is 11.0. The Balaban J connectivity index is 2.01. The van der Waals surface area contributed by atoms with E-state index in [1.807, 2.05) is 14.1 Å². The second kappa shape index (κ2) is 6.89. The van der Waals surface area contributed by atoms with Gasteiger partial charge in [-0.15, -0.1) is 0 Å². The van der Waals surface area contributed by atoms with Crippen molar-refractivity contribution in [2.75, 3.05) is 20.6 Å². The van der Waals surface area contributed by atoms with Crippen LogP contribution in [-0.4, -0.2) is 37.5 Å². The minimum Gasteiger partial charge on any atom is -0.349 e. The molecular weight excluding hydrogens is 200 g/mol. The highest BCUT2D eigenvalue weighted by Gasteiger charge is 2.24. The lowest BCUT2D eigenvalue weighted by atomic mass is 10.1. The van der Waals surface area contributed by atoms with Gasteiger partial charge in [-0.05, 0) is 31.7 Å². The fourth-order valence-electron chi connectivity index (χ4n) is 1.92. The molecule has 16 heavy (non-hydrogen) atoms. The van der Waals surface area contributed by atoms with Gasteiger partial charge in [0.25, 0.3) is 0 Å². The Bertz CT molecular complexity index is 212. The number of rotatable bonds is 8. The van der Waals surface area contributed by atoms with E-state index in [1.165, 1.54) is 25.7 Å². The highest BCUT2D eigenvalue weighted by Crippen LogP contribution is 2.33. The second-order valence-corrected chi connectivity index (χ2v) is 5.13. The molecule has 1 atom stereocenters. The molecule has 3 nitrogen and oxygen atoms in total. The van der Waals surface area contributed by atoms with Crippen LogP contribution in [0.4, 0.5) is 0 Å². The van der Waals surface area contributed by atoms with Crippen molar-refractivity contribution in [2.24, 2.45) is 5.92 Å². The number of hydrogen-bond acceptors (Lipinski definition) is 2. The fraction of sp³-hybridized carbons (Fsp3) is 0.923. The van der Waals surface area contributed by atoms with Gasteiger partial charge < -0.3 is 10.2 Å². The van der Waals surface area contributed by atoms with E-state index in [2.05, 4.69) is 12.2 Å². The molecular formula is C13H26N2O. The molecule has 0 spiro atoms. The predicted octanol–water partition coefficient (Wildman–Crippen LogP) is 2.02. The van der Waals surface area contributed by atoms with Crippen LogP contribution in [0.3, 0.4) is 0 Å². The molecule has 0 aromatic heterocycles. The number of nitrogens with one attached hydrogen (secondary N) is 1. The number of hydrogen-bond donors (Lipinski definition) is 1. The van der Waals surface area contributed by atoms with Crippen molar-refractivity contribution in [1.82, 2.24) is 10.2 Å². The lowest BCUT2D eigenvalue weighted by Gasteiger charge is -2.17. The molecule has 0 saturated heterocycles. The van der Waals surface area contributed by atoms with E-state index in [4.69, 9.17) is 0 Å². The number of nitrogens with zero attached hydrogens (tertiary/aromatic N) is 1. The third-order valence-electron chi connectivity index (χ3n) is 3.31. The molecule has 1 saturated carbocycles. The second-order valence-electron chi connectivity index (χ2n) is 5.13. The van der Waals surface area contributed by atoms with E-state index in [0.29, 0.717) is 12.5 Å². The van der Waals surface area contributed by atoms with Gasteiger partial charge in [-0.1, -0.05) is 19.8 Å². The molecule has 0 aromatic rings. The first-order valence-corrected chi connectivity index (χ1v) is 6.57. The van der Waals surface area contributed by atoms with Crippen molar-refractivity contribution in [2.45, 2.75) is 51.5 Å². The molecule has 1 N–H and O–H groups in total. The molecule has 0 aromatic carbocycles. The van der Waals surface area contributed by atoms with Crippen molar-refractivity contribution in [3.8, 4) is 0 Å². The summed E-state index contributed by atoms with van der Waals surface area (Å²) in [5, 5.41) is 3.56. The van der Waals surface area contributed by atoms with Gasteiger partial charge in [0.05, 0.1) is 0 Å². The largest absolute Gasteiger partial charge is 0.349 e. The van der Waals surface area contributed by atoms with Crippen LogP contribution in [0.2, 0.25) is 0 Å². The van der Waals surface area contributed by atoms with Gasteiger partial charge in [0.15, 0.2) is 0 Å². The van der Waals surface area contributed by atoms with Gasteiger partial charge in [-0.3, -0.25) is 4.79 Å². The minimum absolute atomic E-state index is 0.233. The quantitative estimate of drug-likeness (QED) is 0.642. The maximum atomic E-state index is 11.3. The van der Waals surface area contributed by atoms with Crippen molar-refractivity contribution in [1.29, 1.82) is 0 Å². The average molecular weight is 226 g/mol. The Morgan fingerprint density at radius 2 is 2.12 bits per heavy atom. The van der Waals surface area contributed by atoms with Crippen LogP contribution in [0.5, 0.6) is 0 Å². The Morgan fingerprint density at radius 3 is 2.62 bits per heavy atom. The third kappa shape index (κ3) is 5.50. The van der Waals surface area contributed by atoms with Crippen LogP contribution in [0, 0.1) is 5.92 Å². The summed E-state index contributed by atoms with van der Waals surface area (Å²) in [5.74, 6) is 1.22. The van der Waals surface area contributed by atoms with E-state index in [9.17, 15) is 4.79 Å². The van der Waals surface area contributed by atoms with Crippen LogP contribution in [0.1, 0.15) is 45.4 Å². The first-order valence-electron chi connectivity index (χ1n) is 6.57. The van der Waals surface area contributed by atoms with Gasteiger partial charge in [0, 0.05) is 26.6 Å².